The van der Waals surface area contributed by atoms with Crippen molar-refractivity contribution in [2.45, 2.75) is 0 Å². The van der Waals surface area contributed by atoms with Crippen LogP contribution in [0.25, 0.3) is 22.6 Å². The van der Waals surface area contributed by atoms with Crippen molar-refractivity contribution in [2.75, 3.05) is 26.1 Å². The van der Waals surface area contributed by atoms with Gasteiger partial charge in [0.25, 0.3) is 0 Å². The van der Waals surface area contributed by atoms with Crippen LogP contribution in [0.5, 0.6) is 5.75 Å². The normalized spacial score (nSPS) is 10.8. The van der Waals surface area contributed by atoms with E-state index in [4.69, 9.17) is 4.74 Å². The Morgan fingerprint density at radius 2 is 2.05 bits per heavy atom. The predicted molar refractivity (Wildman–Crippen MR) is 80.2 cm³/mol. The first kappa shape index (κ1) is 12.5. The molecular formula is C15H16N4O. The van der Waals surface area contributed by atoms with Gasteiger partial charge in [0.1, 0.15) is 11.6 Å². The van der Waals surface area contributed by atoms with Gasteiger partial charge in [0.2, 0.25) is 0 Å². The van der Waals surface area contributed by atoms with Crippen LogP contribution in [0.3, 0.4) is 0 Å². The van der Waals surface area contributed by atoms with Crippen LogP contribution in [0.1, 0.15) is 0 Å². The molecule has 20 heavy (non-hydrogen) atoms. The molecule has 0 amide bonds. The minimum absolute atomic E-state index is 0.709. The lowest BCUT2D eigenvalue weighted by molar-refractivity contribution is 0.416. The summed E-state index contributed by atoms with van der Waals surface area (Å²) < 4.78 is 5.48. The minimum Gasteiger partial charge on any atom is -0.496 e. The topological polar surface area (TPSA) is 54.0 Å². The zero-order valence-electron chi connectivity index (χ0n) is 11.7. The number of fused-ring (bicyclic) bond motifs is 1. The highest BCUT2D eigenvalue weighted by Crippen LogP contribution is 2.32. The van der Waals surface area contributed by atoms with Crippen molar-refractivity contribution < 1.29 is 4.74 Å². The Balaban J connectivity index is 2.13. The number of benzene rings is 1. The fourth-order valence-corrected chi connectivity index (χ4v) is 2.13. The lowest BCUT2D eigenvalue weighted by Crippen LogP contribution is -2.08. The Morgan fingerprint density at radius 3 is 2.75 bits per heavy atom. The lowest BCUT2D eigenvalue weighted by Gasteiger charge is -2.15. The smallest absolute Gasteiger partial charge is 0.178 e. The molecule has 3 rings (SSSR count). The van der Waals surface area contributed by atoms with E-state index in [-0.39, 0.29) is 0 Å². The molecule has 0 spiro atoms. The van der Waals surface area contributed by atoms with Crippen molar-refractivity contribution in [2.24, 2.45) is 0 Å². The van der Waals surface area contributed by atoms with E-state index in [9.17, 15) is 0 Å². The second kappa shape index (κ2) is 4.85. The summed E-state index contributed by atoms with van der Waals surface area (Å²) in [6.45, 7) is 0. The van der Waals surface area contributed by atoms with E-state index in [1.807, 2.05) is 49.3 Å². The van der Waals surface area contributed by atoms with Gasteiger partial charge in [0, 0.05) is 32.0 Å². The van der Waals surface area contributed by atoms with E-state index in [1.54, 1.807) is 13.3 Å². The molecule has 0 saturated carbocycles. The van der Waals surface area contributed by atoms with E-state index < -0.39 is 0 Å². The van der Waals surface area contributed by atoms with E-state index in [0.717, 1.165) is 28.3 Å². The van der Waals surface area contributed by atoms with Crippen molar-refractivity contribution in [3.8, 4) is 17.1 Å². The molecule has 1 N–H and O–H groups in total. The first-order valence-corrected chi connectivity index (χ1v) is 6.35. The monoisotopic (exact) mass is 268 g/mol. The predicted octanol–water partition coefficient (Wildman–Crippen LogP) is 2.70. The molecule has 1 aromatic carbocycles. The number of imidazole rings is 1. The Kier molecular flexibility index (Phi) is 3.02. The molecule has 0 unspecified atom stereocenters. The number of rotatable bonds is 3. The van der Waals surface area contributed by atoms with Gasteiger partial charge in [-0.25, -0.2) is 9.97 Å². The molecule has 0 radical (unpaired) electrons. The Hall–Kier alpha value is -2.56. The van der Waals surface area contributed by atoms with Crippen molar-refractivity contribution in [1.82, 2.24) is 15.0 Å². The summed E-state index contributed by atoms with van der Waals surface area (Å²) >= 11 is 0. The maximum Gasteiger partial charge on any atom is 0.178 e. The van der Waals surface area contributed by atoms with Crippen LogP contribution in [0.15, 0.2) is 36.5 Å². The van der Waals surface area contributed by atoms with Crippen LogP contribution in [-0.2, 0) is 0 Å². The maximum absolute atomic E-state index is 5.48. The number of aromatic nitrogens is 3. The van der Waals surface area contributed by atoms with Crippen LogP contribution in [0, 0.1) is 0 Å². The number of methoxy groups -OCH3 is 1. The summed E-state index contributed by atoms with van der Waals surface area (Å²) in [6, 6.07) is 9.89. The molecule has 5 heteroatoms. The van der Waals surface area contributed by atoms with Crippen LogP contribution >= 0.6 is 0 Å². The third kappa shape index (κ3) is 2.07. The second-order valence-corrected chi connectivity index (χ2v) is 4.74. The van der Waals surface area contributed by atoms with Gasteiger partial charge in [-0.3, -0.25) is 0 Å². The largest absolute Gasteiger partial charge is 0.496 e. The molecule has 0 saturated heterocycles. The van der Waals surface area contributed by atoms with E-state index in [1.165, 1.54) is 0 Å². The van der Waals surface area contributed by atoms with Crippen molar-refractivity contribution in [3.63, 3.8) is 0 Å². The number of anilines is 1. The lowest BCUT2D eigenvalue weighted by atomic mass is 10.1. The molecule has 0 aliphatic carbocycles. The van der Waals surface area contributed by atoms with Gasteiger partial charge in [-0.15, -0.1) is 0 Å². The fourth-order valence-electron chi connectivity index (χ4n) is 2.13. The third-order valence-corrected chi connectivity index (χ3v) is 3.21. The van der Waals surface area contributed by atoms with Crippen molar-refractivity contribution >= 4 is 16.9 Å². The molecule has 0 aliphatic rings. The highest BCUT2D eigenvalue weighted by atomic mass is 16.5. The van der Waals surface area contributed by atoms with Gasteiger partial charge in [-0.2, -0.15) is 0 Å². The SMILES string of the molecule is COc1cc(N(C)C)ccc1-c1nc2ncccc2[nH]1. The zero-order valence-corrected chi connectivity index (χ0v) is 11.7. The molecule has 2 aromatic heterocycles. The molecule has 3 aromatic rings. The number of nitrogens with one attached hydrogen (secondary N) is 1. The average molecular weight is 268 g/mol. The summed E-state index contributed by atoms with van der Waals surface area (Å²) in [5.74, 6) is 1.55. The van der Waals surface area contributed by atoms with Crippen LogP contribution < -0.4 is 9.64 Å². The first-order valence-electron chi connectivity index (χ1n) is 6.35. The second-order valence-electron chi connectivity index (χ2n) is 4.74. The van der Waals surface area contributed by atoms with Gasteiger partial charge in [-0.1, -0.05) is 0 Å². The van der Waals surface area contributed by atoms with Gasteiger partial charge in [0.15, 0.2) is 5.65 Å². The van der Waals surface area contributed by atoms with Gasteiger partial charge in [0.05, 0.1) is 18.2 Å². The quantitative estimate of drug-likeness (QED) is 0.793. The molecule has 2 heterocycles. The zero-order chi connectivity index (χ0) is 14.1. The summed E-state index contributed by atoms with van der Waals surface area (Å²) in [7, 11) is 5.66. The first-order chi connectivity index (χ1) is 9.69. The Labute approximate surface area is 117 Å². The molecule has 102 valence electrons. The molecule has 0 fully saturated rings. The van der Waals surface area contributed by atoms with Gasteiger partial charge < -0.3 is 14.6 Å². The highest BCUT2D eigenvalue weighted by molar-refractivity contribution is 5.78. The number of nitrogens with zero attached hydrogens (tertiary/aromatic N) is 3. The summed E-state index contributed by atoms with van der Waals surface area (Å²) in [6.07, 6.45) is 1.74. The van der Waals surface area contributed by atoms with Crippen LogP contribution in [0.2, 0.25) is 0 Å². The molecule has 5 nitrogen and oxygen atoms in total. The van der Waals surface area contributed by atoms with Gasteiger partial charge >= 0.3 is 0 Å². The van der Waals surface area contributed by atoms with Gasteiger partial charge in [-0.05, 0) is 24.3 Å². The third-order valence-electron chi connectivity index (χ3n) is 3.21. The standard InChI is InChI=1S/C15H16N4O/c1-19(2)10-6-7-11(13(9-10)20-3)14-17-12-5-4-8-16-15(12)18-14/h4-9H,1-3H3,(H,16,17,18). The van der Waals surface area contributed by atoms with E-state index in [2.05, 4.69) is 15.0 Å². The Morgan fingerprint density at radius 1 is 1.20 bits per heavy atom. The van der Waals surface area contributed by atoms with E-state index >= 15 is 0 Å². The van der Waals surface area contributed by atoms with Crippen molar-refractivity contribution in [1.29, 1.82) is 0 Å². The fraction of sp³-hybridized carbons (Fsp3) is 0.200. The maximum atomic E-state index is 5.48. The highest BCUT2D eigenvalue weighted by Gasteiger charge is 2.12. The molecule has 0 atom stereocenters. The number of H-pyrrole nitrogens is 1. The van der Waals surface area contributed by atoms with Crippen LogP contribution in [0.4, 0.5) is 5.69 Å². The number of pyridine rings is 1. The number of hydrogen-bond donors (Lipinski definition) is 1. The summed E-state index contributed by atoms with van der Waals surface area (Å²) in [5, 5.41) is 0. The van der Waals surface area contributed by atoms with E-state index in [0.29, 0.717) is 5.65 Å². The molecular weight excluding hydrogens is 252 g/mol. The van der Waals surface area contributed by atoms with Crippen molar-refractivity contribution in [3.05, 3.63) is 36.5 Å². The summed E-state index contributed by atoms with van der Waals surface area (Å²) in [4.78, 5) is 14.0. The molecule has 0 aliphatic heterocycles. The molecule has 0 bridgehead atoms. The minimum atomic E-state index is 0.709. The summed E-state index contributed by atoms with van der Waals surface area (Å²) in [5.41, 5.74) is 3.64. The number of ether oxygens (including phenoxy) is 1. The van der Waals surface area contributed by atoms with Crippen LogP contribution in [-0.4, -0.2) is 36.2 Å². The Bertz CT molecular complexity index is 715. The average Bonchev–Trinajstić information content (AvgIpc) is 2.90. The number of aromatic amines is 1. The number of hydrogen-bond acceptors (Lipinski definition) is 4.